The Morgan fingerprint density at radius 2 is 1.88 bits per heavy atom. The molecule has 1 aromatic carbocycles. The van der Waals surface area contributed by atoms with E-state index >= 15 is 0 Å². The number of aromatic nitrogens is 1. The van der Waals surface area contributed by atoms with Gasteiger partial charge in [0.15, 0.2) is 0 Å². The zero-order chi connectivity index (χ0) is 17.4. The molecule has 0 spiro atoms. The van der Waals surface area contributed by atoms with Crippen LogP contribution in [0.15, 0.2) is 48.7 Å². The number of carbonyl (C=O) groups is 2. The van der Waals surface area contributed by atoms with Crippen LogP contribution in [0, 0.1) is 0 Å². The van der Waals surface area contributed by atoms with Crippen molar-refractivity contribution in [3.8, 4) is 0 Å². The number of pyridine rings is 1. The van der Waals surface area contributed by atoms with Crippen molar-refractivity contribution in [2.75, 3.05) is 6.54 Å². The summed E-state index contributed by atoms with van der Waals surface area (Å²) in [5, 5.41) is 5.71. The third kappa shape index (κ3) is 5.19. The van der Waals surface area contributed by atoms with Crippen molar-refractivity contribution in [2.24, 2.45) is 0 Å². The second-order valence-electron chi connectivity index (χ2n) is 5.70. The number of hydrogen-bond acceptors (Lipinski definition) is 3. The van der Waals surface area contributed by atoms with E-state index in [1.807, 2.05) is 44.2 Å². The van der Waals surface area contributed by atoms with Crippen molar-refractivity contribution in [1.29, 1.82) is 0 Å². The Morgan fingerprint density at radius 1 is 1.12 bits per heavy atom. The van der Waals surface area contributed by atoms with Gasteiger partial charge in [-0.3, -0.25) is 14.6 Å². The third-order valence-electron chi connectivity index (χ3n) is 3.79. The molecule has 0 radical (unpaired) electrons. The Labute approximate surface area is 142 Å². The smallest absolute Gasteiger partial charge is 0.270 e. The maximum absolute atomic E-state index is 12.2. The maximum Gasteiger partial charge on any atom is 0.270 e. The molecular formula is C19H23N3O2. The largest absolute Gasteiger partial charge is 0.352 e. The summed E-state index contributed by atoms with van der Waals surface area (Å²) >= 11 is 0. The van der Waals surface area contributed by atoms with E-state index in [0.717, 1.165) is 12.8 Å². The fourth-order valence-electron chi connectivity index (χ4n) is 2.16. The molecular weight excluding hydrogens is 302 g/mol. The Bertz CT molecular complexity index is 686. The van der Waals surface area contributed by atoms with Crippen LogP contribution in [0.5, 0.6) is 0 Å². The quantitative estimate of drug-likeness (QED) is 0.822. The Morgan fingerprint density at radius 3 is 2.58 bits per heavy atom. The average molecular weight is 325 g/mol. The van der Waals surface area contributed by atoms with Crippen LogP contribution in [0.4, 0.5) is 0 Å². The van der Waals surface area contributed by atoms with E-state index in [-0.39, 0.29) is 23.6 Å². The first-order chi connectivity index (χ1) is 11.6. The summed E-state index contributed by atoms with van der Waals surface area (Å²) < 4.78 is 0. The number of benzene rings is 1. The lowest BCUT2D eigenvalue weighted by Gasteiger charge is -2.11. The first-order valence-electron chi connectivity index (χ1n) is 8.19. The lowest BCUT2D eigenvalue weighted by molar-refractivity contribution is 0.0934. The minimum atomic E-state index is -0.261. The molecule has 0 aliphatic rings. The summed E-state index contributed by atoms with van der Waals surface area (Å²) in [7, 11) is 0. The molecule has 2 rings (SSSR count). The van der Waals surface area contributed by atoms with Gasteiger partial charge in [-0.2, -0.15) is 0 Å². The molecule has 1 heterocycles. The maximum atomic E-state index is 12.2. The van der Waals surface area contributed by atoms with E-state index in [9.17, 15) is 9.59 Å². The van der Waals surface area contributed by atoms with Gasteiger partial charge < -0.3 is 10.6 Å². The molecule has 24 heavy (non-hydrogen) atoms. The summed E-state index contributed by atoms with van der Waals surface area (Å²) in [6.45, 7) is 4.46. The number of nitrogens with zero attached hydrogens (tertiary/aromatic N) is 1. The predicted molar refractivity (Wildman–Crippen MR) is 93.9 cm³/mol. The van der Waals surface area contributed by atoms with E-state index in [4.69, 9.17) is 0 Å². The van der Waals surface area contributed by atoms with E-state index in [2.05, 4.69) is 15.6 Å². The monoisotopic (exact) mass is 325 g/mol. The molecule has 1 aromatic heterocycles. The minimum Gasteiger partial charge on any atom is -0.352 e. The number of carbonyl (C=O) groups excluding carboxylic acids is 2. The molecule has 0 aliphatic carbocycles. The highest BCUT2D eigenvalue weighted by Gasteiger charge is 2.13. The van der Waals surface area contributed by atoms with Crippen LogP contribution in [-0.4, -0.2) is 29.4 Å². The van der Waals surface area contributed by atoms with E-state index < -0.39 is 0 Å². The van der Waals surface area contributed by atoms with Crippen LogP contribution < -0.4 is 10.6 Å². The van der Waals surface area contributed by atoms with Crippen molar-refractivity contribution >= 4 is 11.8 Å². The van der Waals surface area contributed by atoms with Crippen molar-refractivity contribution in [2.45, 2.75) is 32.7 Å². The third-order valence-corrected chi connectivity index (χ3v) is 3.79. The molecule has 2 amide bonds. The Hall–Kier alpha value is -2.69. The highest BCUT2D eigenvalue weighted by atomic mass is 16.2. The van der Waals surface area contributed by atoms with Crippen LogP contribution >= 0.6 is 0 Å². The van der Waals surface area contributed by atoms with Gasteiger partial charge in [-0.1, -0.05) is 37.3 Å². The molecule has 2 N–H and O–H groups in total. The van der Waals surface area contributed by atoms with Crippen LogP contribution in [-0.2, 0) is 6.42 Å². The fraction of sp³-hybridized carbons (Fsp3) is 0.316. The van der Waals surface area contributed by atoms with Crippen LogP contribution in [0.25, 0.3) is 0 Å². The van der Waals surface area contributed by atoms with Gasteiger partial charge in [0.05, 0.1) is 0 Å². The second-order valence-corrected chi connectivity index (χ2v) is 5.70. The molecule has 1 atom stereocenters. The number of amides is 2. The fourth-order valence-corrected chi connectivity index (χ4v) is 2.16. The molecule has 1 unspecified atom stereocenters. The van der Waals surface area contributed by atoms with Crippen molar-refractivity contribution in [1.82, 2.24) is 15.6 Å². The predicted octanol–water partition coefficient (Wildman–Crippen LogP) is 2.58. The molecule has 0 fully saturated rings. The van der Waals surface area contributed by atoms with Crippen LogP contribution in [0.3, 0.4) is 0 Å². The van der Waals surface area contributed by atoms with Crippen LogP contribution in [0.1, 0.15) is 46.7 Å². The van der Waals surface area contributed by atoms with Crippen LogP contribution in [0.2, 0.25) is 0 Å². The average Bonchev–Trinajstić information content (AvgIpc) is 2.62. The highest BCUT2D eigenvalue weighted by Crippen LogP contribution is 2.04. The van der Waals surface area contributed by atoms with Gasteiger partial charge in [0.25, 0.3) is 11.8 Å². The summed E-state index contributed by atoms with van der Waals surface area (Å²) in [5.41, 5.74) is 1.86. The topological polar surface area (TPSA) is 71.1 Å². The number of rotatable bonds is 7. The van der Waals surface area contributed by atoms with Crippen molar-refractivity contribution in [3.05, 3.63) is 65.5 Å². The molecule has 2 aromatic rings. The first kappa shape index (κ1) is 17.7. The van der Waals surface area contributed by atoms with E-state index in [1.165, 1.54) is 17.8 Å². The lowest BCUT2D eigenvalue weighted by Crippen LogP contribution is -2.33. The molecule has 0 aliphatic heterocycles. The summed E-state index contributed by atoms with van der Waals surface area (Å²) in [6, 6.07) is 13.2. The van der Waals surface area contributed by atoms with Gasteiger partial charge in [-0.05, 0) is 37.5 Å². The Balaban J connectivity index is 1.92. The van der Waals surface area contributed by atoms with Gasteiger partial charge in [0, 0.05) is 24.3 Å². The molecule has 0 bridgehead atoms. The van der Waals surface area contributed by atoms with Gasteiger partial charge in [0.2, 0.25) is 0 Å². The summed E-state index contributed by atoms with van der Waals surface area (Å²) in [5.74, 6) is -0.464. The first-order valence-corrected chi connectivity index (χ1v) is 8.19. The Kier molecular flexibility index (Phi) is 6.49. The molecule has 5 heteroatoms. The van der Waals surface area contributed by atoms with Crippen molar-refractivity contribution < 1.29 is 9.59 Å². The second kappa shape index (κ2) is 8.82. The summed E-state index contributed by atoms with van der Waals surface area (Å²) in [4.78, 5) is 28.3. The minimum absolute atomic E-state index is 0.0719. The number of hydrogen-bond donors (Lipinski definition) is 2. The molecule has 0 saturated carbocycles. The zero-order valence-corrected chi connectivity index (χ0v) is 14.1. The zero-order valence-electron chi connectivity index (χ0n) is 14.1. The van der Waals surface area contributed by atoms with E-state index in [1.54, 1.807) is 6.07 Å². The van der Waals surface area contributed by atoms with Crippen molar-refractivity contribution in [3.63, 3.8) is 0 Å². The van der Waals surface area contributed by atoms with Gasteiger partial charge in [-0.25, -0.2) is 0 Å². The normalized spacial score (nSPS) is 11.6. The highest BCUT2D eigenvalue weighted by molar-refractivity contribution is 5.98. The van der Waals surface area contributed by atoms with Gasteiger partial charge in [0.1, 0.15) is 5.69 Å². The molecule has 126 valence electrons. The van der Waals surface area contributed by atoms with Gasteiger partial charge in [-0.15, -0.1) is 0 Å². The lowest BCUT2D eigenvalue weighted by atomic mass is 10.1. The SMILES string of the molecule is CCC(C)NC(=O)c1cc(C(=O)NCCc2ccccc2)ccn1. The molecule has 0 saturated heterocycles. The van der Waals surface area contributed by atoms with Gasteiger partial charge >= 0.3 is 0 Å². The molecule has 5 nitrogen and oxygen atoms in total. The number of nitrogens with one attached hydrogen (secondary N) is 2. The standard InChI is InChI=1S/C19H23N3O2/c1-3-14(2)22-19(24)17-13-16(10-12-20-17)18(23)21-11-9-15-7-5-4-6-8-15/h4-8,10,12-14H,3,9,11H2,1-2H3,(H,21,23)(H,22,24). The van der Waals surface area contributed by atoms with E-state index in [0.29, 0.717) is 12.1 Å². The summed E-state index contributed by atoms with van der Waals surface area (Å²) in [6.07, 6.45) is 3.09.